The van der Waals surface area contributed by atoms with Crippen molar-refractivity contribution in [3.63, 3.8) is 0 Å². The maximum atomic E-state index is 12.3. The highest BCUT2D eigenvalue weighted by Gasteiger charge is 2.23. The largest absolute Gasteiger partial charge is 0.449 e. The normalized spacial score (nSPS) is 19.9. The van der Waals surface area contributed by atoms with Crippen molar-refractivity contribution in [3.8, 4) is 0 Å². The number of amides is 1. The van der Waals surface area contributed by atoms with Crippen molar-refractivity contribution in [3.05, 3.63) is 35.4 Å². The maximum absolute atomic E-state index is 12.3. The maximum Gasteiger partial charge on any atom is 0.338 e. The van der Waals surface area contributed by atoms with Crippen molar-refractivity contribution in [2.45, 2.75) is 51.3 Å². The highest BCUT2D eigenvalue weighted by molar-refractivity contribution is 5.92. The van der Waals surface area contributed by atoms with E-state index in [0.29, 0.717) is 5.56 Å². The van der Waals surface area contributed by atoms with Crippen molar-refractivity contribution >= 4 is 11.9 Å². The number of hydrogen-bond acceptors (Lipinski definition) is 5. The molecule has 1 aromatic carbocycles. The molecule has 1 N–H and O–H groups in total. The summed E-state index contributed by atoms with van der Waals surface area (Å²) in [6.45, 7) is 5.86. The number of esters is 1. The standard InChI is InChI=1S/C20H28N2O4/c1-15(19(23)21-18-4-2-3-5-18)26-20(24)17-8-6-16(7-9-17)14-22-10-12-25-13-11-22/h6-9,15,18H,2-5,10-14H2,1H3,(H,21,23)/t15-/m0/s1. The van der Waals surface area contributed by atoms with Gasteiger partial charge in [0.05, 0.1) is 18.8 Å². The summed E-state index contributed by atoms with van der Waals surface area (Å²) in [6, 6.07) is 7.63. The summed E-state index contributed by atoms with van der Waals surface area (Å²) in [6.07, 6.45) is 3.54. The molecule has 0 radical (unpaired) electrons. The number of nitrogens with one attached hydrogen (secondary N) is 1. The highest BCUT2D eigenvalue weighted by Crippen LogP contribution is 2.18. The van der Waals surface area contributed by atoms with Crippen LogP contribution in [0.5, 0.6) is 0 Å². The quantitative estimate of drug-likeness (QED) is 0.787. The number of carbonyl (C=O) groups is 2. The molecule has 1 amide bonds. The van der Waals surface area contributed by atoms with Gasteiger partial charge in [-0.3, -0.25) is 9.69 Å². The molecule has 3 rings (SSSR count). The van der Waals surface area contributed by atoms with Crippen LogP contribution in [-0.4, -0.2) is 55.2 Å². The van der Waals surface area contributed by atoms with Crippen LogP contribution in [0.25, 0.3) is 0 Å². The molecule has 2 aliphatic rings. The summed E-state index contributed by atoms with van der Waals surface area (Å²) in [5, 5.41) is 2.96. The Morgan fingerprint density at radius 2 is 1.85 bits per heavy atom. The van der Waals surface area contributed by atoms with E-state index in [4.69, 9.17) is 9.47 Å². The van der Waals surface area contributed by atoms with E-state index < -0.39 is 12.1 Å². The molecule has 1 aliphatic heterocycles. The molecule has 0 aromatic heterocycles. The smallest absolute Gasteiger partial charge is 0.338 e. The summed E-state index contributed by atoms with van der Waals surface area (Å²) < 4.78 is 10.7. The van der Waals surface area contributed by atoms with Gasteiger partial charge in [0.2, 0.25) is 0 Å². The van der Waals surface area contributed by atoms with Gasteiger partial charge in [0.25, 0.3) is 5.91 Å². The van der Waals surface area contributed by atoms with Crippen LogP contribution in [0, 0.1) is 0 Å². The van der Waals surface area contributed by atoms with Crippen LogP contribution in [0.4, 0.5) is 0 Å². The van der Waals surface area contributed by atoms with E-state index in [2.05, 4.69) is 10.2 Å². The van der Waals surface area contributed by atoms with Gasteiger partial charge in [-0.15, -0.1) is 0 Å². The third-order valence-electron chi connectivity index (χ3n) is 5.05. The first-order chi connectivity index (χ1) is 12.6. The number of carbonyl (C=O) groups excluding carboxylic acids is 2. The molecule has 2 fully saturated rings. The van der Waals surface area contributed by atoms with Gasteiger partial charge >= 0.3 is 5.97 Å². The average molecular weight is 360 g/mol. The van der Waals surface area contributed by atoms with Crippen molar-refractivity contribution in [2.75, 3.05) is 26.3 Å². The Kier molecular flexibility index (Phi) is 6.63. The van der Waals surface area contributed by atoms with Crippen LogP contribution in [0.2, 0.25) is 0 Å². The minimum Gasteiger partial charge on any atom is -0.449 e. The molecule has 6 heteroatoms. The molecule has 1 aliphatic carbocycles. The molecule has 1 atom stereocenters. The molecule has 26 heavy (non-hydrogen) atoms. The van der Waals surface area contributed by atoms with Crippen LogP contribution < -0.4 is 5.32 Å². The van der Waals surface area contributed by atoms with E-state index in [-0.39, 0.29) is 11.9 Å². The Hall–Kier alpha value is -1.92. The van der Waals surface area contributed by atoms with Crippen molar-refractivity contribution < 1.29 is 19.1 Å². The predicted octanol–water partition coefficient (Wildman–Crippen LogP) is 2.12. The number of ether oxygens (including phenoxy) is 2. The summed E-state index contributed by atoms with van der Waals surface area (Å²) in [5.41, 5.74) is 1.62. The van der Waals surface area contributed by atoms with E-state index in [1.54, 1.807) is 19.1 Å². The van der Waals surface area contributed by atoms with Gasteiger partial charge in [0.1, 0.15) is 0 Å². The third kappa shape index (κ3) is 5.29. The average Bonchev–Trinajstić information content (AvgIpc) is 3.16. The fourth-order valence-electron chi connectivity index (χ4n) is 3.43. The molecular formula is C20H28N2O4. The molecule has 1 heterocycles. The molecular weight excluding hydrogens is 332 g/mol. The third-order valence-corrected chi connectivity index (χ3v) is 5.05. The van der Waals surface area contributed by atoms with Gasteiger partial charge < -0.3 is 14.8 Å². The van der Waals surface area contributed by atoms with E-state index >= 15 is 0 Å². The van der Waals surface area contributed by atoms with E-state index in [9.17, 15) is 9.59 Å². The lowest BCUT2D eigenvalue weighted by Gasteiger charge is -2.26. The molecule has 1 saturated carbocycles. The van der Waals surface area contributed by atoms with Crippen molar-refractivity contribution in [1.29, 1.82) is 0 Å². The lowest BCUT2D eigenvalue weighted by Crippen LogP contribution is -2.40. The summed E-state index contributed by atoms with van der Waals surface area (Å²) >= 11 is 0. The monoisotopic (exact) mass is 360 g/mol. The summed E-state index contributed by atoms with van der Waals surface area (Å²) in [7, 11) is 0. The first-order valence-electron chi connectivity index (χ1n) is 9.52. The zero-order valence-electron chi connectivity index (χ0n) is 15.4. The van der Waals surface area contributed by atoms with Crippen LogP contribution >= 0.6 is 0 Å². The number of rotatable bonds is 6. The van der Waals surface area contributed by atoms with Gasteiger partial charge in [0.15, 0.2) is 6.10 Å². The van der Waals surface area contributed by atoms with Gasteiger partial charge in [-0.25, -0.2) is 4.79 Å². The van der Waals surface area contributed by atoms with Crippen molar-refractivity contribution in [2.24, 2.45) is 0 Å². The van der Waals surface area contributed by atoms with E-state index in [0.717, 1.165) is 64.1 Å². The second kappa shape index (κ2) is 9.14. The number of nitrogens with zero attached hydrogens (tertiary/aromatic N) is 1. The van der Waals surface area contributed by atoms with Gasteiger partial charge in [0, 0.05) is 25.7 Å². The minimum absolute atomic E-state index is 0.214. The highest BCUT2D eigenvalue weighted by atomic mass is 16.5. The fraction of sp³-hybridized carbons (Fsp3) is 0.600. The van der Waals surface area contributed by atoms with Crippen LogP contribution in [0.3, 0.4) is 0 Å². The van der Waals surface area contributed by atoms with Crippen molar-refractivity contribution in [1.82, 2.24) is 10.2 Å². The van der Waals surface area contributed by atoms with Gasteiger partial charge in [-0.2, -0.15) is 0 Å². The topological polar surface area (TPSA) is 67.9 Å². The van der Waals surface area contributed by atoms with Gasteiger partial charge in [-0.1, -0.05) is 25.0 Å². The summed E-state index contributed by atoms with van der Waals surface area (Å²) in [5.74, 6) is -0.675. The Bertz CT molecular complexity index is 605. The SMILES string of the molecule is C[C@H](OC(=O)c1ccc(CN2CCOCC2)cc1)C(=O)NC1CCCC1. The predicted molar refractivity (Wildman–Crippen MR) is 97.8 cm³/mol. The second-order valence-corrected chi connectivity index (χ2v) is 7.12. The molecule has 0 unspecified atom stereocenters. The Labute approximate surface area is 154 Å². The Morgan fingerprint density at radius 1 is 1.19 bits per heavy atom. The summed E-state index contributed by atoms with van der Waals surface area (Å²) in [4.78, 5) is 26.7. The molecule has 0 bridgehead atoms. The Morgan fingerprint density at radius 3 is 2.50 bits per heavy atom. The number of benzene rings is 1. The lowest BCUT2D eigenvalue weighted by molar-refractivity contribution is -0.129. The first-order valence-corrected chi connectivity index (χ1v) is 9.52. The fourth-order valence-corrected chi connectivity index (χ4v) is 3.43. The van der Waals surface area contributed by atoms with Gasteiger partial charge in [-0.05, 0) is 37.5 Å². The van der Waals surface area contributed by atoms with Crippen LogP contribution in [0.1, 0.15) is 48.5 Å². The van der Waals surface area contributed by atoms with Crippen LogP contribution in [0.15, 0.2) is 24.3 Å². The molecule has 1 aromatic rings. The first kappa shape index (κ1) is 18.9. The molecule has 0 spiro atoms. The zero-order chi connectivity index (χ0) is 18.4. The van der Waals surface area contributed by atoms with Crippen LogP contribution in [-0.2, 0) is 20.8 Å². The molecule has 1 saturated heterocycles. The molecule has 142 valence electrons. The van der Waals surface area contributed by atoms with E-state index in [1.807, 2.05) is 12.1 Å². The molecule has 6 nitrogen and oxygen atoms in total. The minimum atomic E-state index is -0.781. The second-order valence-electron chi connectivity index (χ2n) is 7.12. The Balaban J connectivity index is 1.48. The zero-order valence-corrected chi connectivity index (χ0v) is 15.4. The van der Waals surface area contributed by atoms with E-state index in [1.165, 1.54) is 0 Å². The number of hydrogen-bond donors (Lipinski definition) is 1. The lowest BCUT2D eigenvalue weighted by atomic mass is 10.1. The number of morpholine rings is 1.